The van der Waals surface area contributed by atoms with Crippen LogP contribution in [0.15, 0.2) is 90.2 Å². The molecular weight excluding hydrogens is 390 g/mol. The molecule has 0 saturated carbocycles. The van der Waals surface area contributed by atoms with Gasteiger partial charge in [-0.15, -0.1) is 0 Å². The van der Waals surface area contributed by atoms with E-state index >= 15 is 0 Å². The second-order valence-electron chi connectivity index (χ2n) is 6.74. The summed E-state index contributed by atoms with van der Waals surface area (Å²) < 4.78 is 12.6. The fourth-order valence-electron chi connectivity index (χ4n) is 3.28. The van der Waals surface area contributed by atoms with Gasteiger partial charge in [0.1, 0.15) is 6.61 Å². The maximum Gasteiger partial charge on any atom is 0.169 e. The summed E-state index contributed by atoms with van der Waals surface area (Å²) in [5, 5.41) is 8.93. The van der Waals surface area contributed by atoms with Crippen molar-refractivity contribution in [1.82, 2.24) is 9.78 Å². The summed E-state index contributed by atoms with van der Waals surface area (Å²) in [6.45, 7) is 0.278. The Hall–Kier alpha value is -4.06. The molecule has 0 unspecified atom stereocenters. The van der Waals surface area contributed by atoms with E-state index in [4.69, 9.17) is 19.4 Å². The lowest BCUT2D eigenvalue weighted by molar-refractivity contribution is 0.132. The number of nitrogens with zero attached hydrogens (tertiary/aromatic N) is 3. The lowest BCUT2D eigenvalue weighted by Crippen LogP contribution is -1.96. The molecule has 4 rings (SSSR count). The zero-order valence-electron chi connectivity index (χ0n) is 17.4. The monoisotopic (exact) mass is 413 g/mol. The second-order valence-corrected chi connectivity index (χ2v) is 6.74. The molecule has 31 heavy (non-hydrogen) atoms. The minimum absolute atomic E-state index is 0.278. The van der Waals surface area contributed by atoms with E-state index < -0.39 is 0 Å². The van der Waals surface area contributed by atoms with Crippen LogP contribution in [0.1, 0.15) is 11.1 Å². The van der Waals surface area contributed by atoms with Crippen molar-refractivity contribution in [1.29, 1.82) is 0 Å². The molecule has 1 aromatic heterocycles. The summed E-state index contributed by atoms with van der Waals surface area (Å²) in [6.07, 6.45) is 3.59. The quantitative estimate of drug-likeness (QED) is 0.298. The average molecular weight is 413 g/mol. The SMILES string of the molecule is COc1cccc(/C=N\OCc2cn(-c3ccccc3)nc2-c2ccccc2)c1OC. The Morgan fingerprint density at radius 1 is 0.871 bits per heavy atom. The van der Waals surface area contributed by atoms with Crippen molar-refractivity contribution in [3.05, 3.63) is 96.2 Å². The Balaban J connectivity index is 1.57. The smallest absolute Gasteiger partial charge is 0.169 e. The molecule has 6 nitrogen and oxygen atoms in total. The summed E-state index contributed by atoms with van der Waals surface area (Å²) >= 11 is 0. The van der Waals surface area contributed by atoms with Crippen molar-refractivity contribution in [3.63, 3.8) is 0 Å². The largest absolute Gasteiger partial charge is 0.493 e. The van der Waals surface area contributed by atoms with Gasteiger partial charge in [0.15, 0.2) is 11.5 Å². The predicted octanol–water partition coefficient (Wildman–Crippen LogP) is 5.11. The van der Waals surface area contributed by atoms with Gasteiger partial charge in [0.05, 0.1) is 31.8 Å². The van der Waals surface area contributed by atoms with E-state index in [1.165, 1.54) is 0 Å². The molecule has 0 aliphatic rings. The maximum atomic E-state index is 5.63. The van der Waals surface area contributed by atoms with Crippen molar-refractivity contribution >= 4 is 6.21 Å². The van der Waals surface area contributed by atoms with Crippen LogP contribution >= 0.6 is 0 Å². The van der Waals surface area contributed by atoms with Gasteiger partial charge in [0, 0.05) is 22.9 Å². The Morgan fingerprint density at radius 3 is 2.32 bits per heavy atom. The highest BCUT2D eigenvalue weighted by Crippen LogP contribution is 2.29. The van der Waals surface area contributed by atoms with Crippen LogP contribution in [-0.4, -0.2) is 30.2 Å². The third-order valence-electron chi connectivity index (χ3n) is 4.78. The Morgan fingerprint density at radius 2 is 1.61 bits per heavy atom. The molecule has 0 radical (unpaired) electrons. The summed E-state index contributed by atoms with van der Waals surface area (Å²) in [7, 11) is 3.20. The number of aromatic nitrogens is 2. The van der Waals surface area contributed by atoms with E-state index in [1.54, 1.807) is 20.4 Å². The highest BCUT2D eigenvalue weighted by Gasteiger charge is 2.13. The Bertz CT molecular complexity index is 1160. The molecule has 0 saturated heterocycles. The number of benzene rings is 3. The summed E-state index contributed by atoms with van der Waals surface area (Å²) in [5.41, 5.74) is 4.57. The molecule has 0 amide bonds. The van der Waals surface area contributed by atoms with Crippen molar-refractivity contribution in [2.75, 3.05) is 14.2 Å². The van der Waals surface area contributed by atoms with E-state index in [2.05, 4.69) is 5.16 Å². The van der Waals surface area contributed by atoms with Gasteiger partial charge in [-0.05, 0) is 24.3 Å². The van der Waals surface area contributed by atoms with Gasteiger partial charge in [-0.25, -0.2) is 4.68 Å². The Kier molecular flexibility index (Phi) is 6.28. The molecule has 4 aromatic rings. The van der Waals surface area contributed by atoms with Gasteiger partial charge in [0.25, 0.3) is 0 Å². The number of methoxy groups -OCH3 is 2. The molecule has 3 aromatic carbocycles. The fourth-order valence-corrected chi connectivity index (χ4v) is 3.28. The van der Waals surface area contributed by atoms with Crippen molar-refractivity contribution in [2.45, 2.75) is 6.61 Å². The summed E-state index contributed by atoms with van der Waals surface area (Å²) in [4.78, 5) is 5.63. The number of hydrogen-bond acceptors (Lipinski definition) is 5. The van der Waals surface area contributed by atoms with Crippen molar-refractivity contribution in [2.24, 2.45) is 5.16 Å². The van der Waals surface area contributed by atoms with E-state index in [0.29, 0.717) is 11.5 Å². The molecule has 0 N–H and O–H groups in total. The van der Waals surface area contributed by atoms with Crippen LogP contribution < -0.4 is 9.47 Å². The first-order valence-corrected chi connectivity index (χ1v) is 9.86. The highest BCUT2D eigenvalue weighted by atomic mass is 16.6. The van der Waals surface area contributed by atoms with Crippen LogP contribution in [0.4, 0.5) is 0 Å². The van der Waals surface area contributed by atoms with E-state index in [-0.39, 0.29) is 6.61 Å². The topological polar surface area (TPSA) is 57.9 Å². The molecule has 0 spiro atoms. The van der Waals surface area contributed by atoms with Gasteiger partial charge in [0.2, 0.25) is 0 Å². The van der Waals surface area contributed by atoms with E-state index in [9.17, 15) is 0 Å². The molecular formula is C25H23N3O3. The standard InChI is InChI=1S/C25H23N3O3/c1-29-23-15-9-12-20(25(23)30-2)16-26-31-18-21-17-28(22-13-7-4-8-14-22)27-24(21)19-10-5-3-6-11-19/h3-17H,18H2,1-2H3/b26-16-. The lowest BCUT2D eigenvalue weighted by Gasteiger charge is -2.09. The normalized spacial score (nSPS) is 10.9. The Labute approximate surface area is 181 Å². The van der Waals surface area contributed by atoms with Gasteiger partial charge in [-0.2, -0.15) is 5.10 Å². The second kappa shape index (κ2) is 9.63. The van der Waals surface area contributed by atoms with Crippen molar-refractivity contribution < 1.29 is 14.3 Å². The molecule has 0 aliphatic carbocycles. The van der Waals surface area contributed by atoms with Crippen LogP contribution in [0.25, 0.3) is 16.9 Å². The van der Waals surface area contributed by atoms with E-state index in [0.717, 1.165) is 28.1 Å². The minimum atomic E-state index is 0.278. The molecule has 0 fully saturated rings. The van der Waals surface area contributed by atoms with Crippen LogP contribution in [0.3, 0.4) is 0 Å². The van der Waals surface area contributed by atoms with Gasteiger partial charge in [-0.1, -0.05) is 59.8 Å². The fraction of sp³-hybridized carbons (Fsp3) is 0.120. The van der Waals surface area contributed by atoms with Gasteiger partial charge >= 0.3 is 0 Å². The van der Waals surface area contributed by atoms with Gasteiger partial charge < -0.3 is 14.3 Å². The summed E-state index contributed by atoms with van der Waals surface area (Å²) in [6, 6.07) is 25.6. The van der Waals surface area contributed by atoms with E-state index in [1.807, 2.05) is 89.7 Å². The van der Waals surface area contributed by atoms with Crippen LogP contribution in [0, 0.1) is 0 Å². The number of ether oxygens (including phenoxy) is 2. The minimum Gasteiger partial charge on any atom is -0.493 e. The molecule has 0 atom stereocenters. The summed E-state index contributed by atoms with van der Waals surface area (Å²) in [5.74, 6) is 1.25. The third kappa shape index (κ3) is 4.59. The number of oxime groups is 1. The molecule has 156 valence electrons. The van der Waals surface area contributed by atoms with Crippen LogP contribution in [0.2, 0.25) is 0 Å². The first-order valence-electron chi connectivity index (χ1n) is 9.86. The third-order valence-corrected chi connectivity index (χ3v) is 4.78. The lowest BCUT2D eigenvalue weighted by atomic mass is 10.1. The number of rotatable bonds is 8. The zero-order chi connectivity index (χ0) is 21.5. The molecule has 0 bridgehead atoms. The average Bonchev–Trinajstić information content (AvgIpc) is 3.27. The maximum absolute atomic E-state index is 5.63. The number of para-hydroxylation sites is 2. The first kappa shape index (κ1) is 20.2. The van der Waals surface area contributed by atoms with Crippen LogP contribution in [0.5, 0.6) is 11.5 Å². The molecule has 6 heteroatoms. The molecule has 1 heterocycles. The van der Waals surface area contributed by atoms with Crippen LogP contribution in [-0.2, 0) is 11.4 Å². The van der Waals surface area contributed by atoms with Gasteiger partial charge in [-0.3, -0.25) is 0 Å². The van der Waals surface area contributed by atoms with Crippen molar-refractivity contribution in [3.8, 4) is 28.4 Å². The predicted molar refractivity (Wildman–Crippen MR) is 121 cm³/mol. The zero-order valence-corrected chi connectivity index (χ0v) is 17.4. The molecule has 0 aliphatic heterocycles. The highest BCUT2D eigenvalue weighted by molar-refractivity contribution is 5.84. The first-order chi connectivity index (χ1) is 15.3. The number of hydrogen-bond donors (Lipinski definition) is 0.